The Bertz CT molecular complexity index is 505. The first-order valence-corrected chi connectivity index (χ1v) is 5.82. The molecule has 3 heteroatoms. The van der Waals surface area contributed by atoms with Gasteiger partial charge >= 0.3 is 0 Å². The Kier molecular flexibility index (Phi) is 2.61. The molecule has 88 valence electrons. The first kappa shape index (κ1) is 10.4. The number of hydrogen-bond donors (Lipinski definition) is 1. The molecule has 0 fully saturated rings. The molecule has 3 nitrogen and oxygen atoms in total. The van der Waals surface area contributed by atoms with Gasteiger partial charge in [-0.3, -0.25) is 0 Å². The molecule has 0 spiro atoms. The number of benzene rings is 1. The number of hydrogen-bond acceptors (Lipinski definition) is 3. The molecule has 2 aromatic rings. The lowest BCUT2D eigenvalue weighted by Crippen LogP contribution is -2.30. The second kappa shape index (κ2) is 4.26. The van der Waals surface area contributed by atoms with Gasteiger partial charge < -0.3 is 14.5 Å². The molecule has 1 atom stereocenters. The van der Waals surface area contributed by atoms with Gasteiger partial charge in [0, 0.05) is 12.1 Å². The second-order valence-corrected chi connectivity index (χ2v) is 4.18. The minimum Gasteiger partial charge on any atom is -0.496 e. The largest absolute Gasteiger partial charge is 0.496 e. The van der Waals surface area contributed by atoms with Crippen LogP contribution >= 0.6 is 0 Å². The van der Waals surface area contributed by atoms with Crippen LogP contribution in [0.4, 0.5) is 0 Å². The molecule has 0 radical (unpaired) electrons. The number of ether oxygens (including phenoxy) is 1. The molecule has 1 N–H and O–H groups in total. The van der Waals surface area contributed by atoms with Crippen molar-refractivity contribution in [3.05, 3.63) is 53.5 Å². The molecule has 1 aromatic heterocycles. The average Bonchev–Trinajstić information content (AvgIpc) is 2.91. The third kappa shape index (κ3) is 1.72. The lowest BCUT2D eigenvalue weighted by Gasteiger charge is -2.26. The highest BCUT2D eigenvalue weighted by atomic mass is 16.5. The van der Waals surface area contributed by atoms with E-state index < -0.39 is 0 Å². The van der Waals surface area contributed by atoms with E-state index in [1.165, 1.54) is 11.1 Å². The molecule has 0 bridgehead atoms. The summed E-state index contributed by atoms with van der Waals surface area (Å²) in [6, 6.07) is 10.3. The minimum absolute atomic E-state index is 0.142. The SMILES string of the molecule is COc1cccc2c1CCNC2c1ccco1. The summed E-state index contributed by atoms with van der Waals surface area (Å²) in [5, 5.41) is 3.48. The van der Waals surface area contributed by atoms with E-state index in [-0.39, 0.29) is 6.04 Å². The summed E-state index contributed by atoms with van der Waals surface area (Å²) in [7, 11) is 1.72. The fourth-order valence-electron chi connectivity index (χ4n) is 2.47. The summed E-state index contributed by atoms with van der Waals surface area (Å²) in [6.45, 7) is 0.943. The van der Waals surface area contributed by atoms with Crippen LogP contribution in [0.3, 0.4) is 0 Å². The predicted octanol–water partition coefficient (Wildman–Crippen LogP) is 2.52. The Hall–Kier alpha value is -1.74. The minimum atomic E-state index is 0.142. The van der Waals surface area contributed by atoms with Crippen molar-refractivity contribution in [1.82, 2.24) is 5.32 Å². The number of methoxy groups -OCH3 is 1. The van der Waals surface area contributed by atoms with Crippen LogP contribution < -0.4 is 10.1 Å². The lowest BCUT2D eigenvalue weighted by atomic mass is 9.92. The Morgan fingerprint density at radius 1 is 1.29 bits per heavy atom. The van der Waals surface area contributed by atoms with E-state index in [9.17, 15) is 0 Å². The molecule has 3 rings (SSSR count). The van der Waals surface area contributed by atoms with Crippen LogP contribution in [-0.4, -0.2) is 13.7 Å². The third-order valence-corrected chi connectivity index (χ3v) is 3.25. The highest BCUT2D eigenvalue weighted by molar-refractivity contribution is 5.45. The molecule has 0 aliphatic carbocycles. The summed E-state index contributed by atoms with van der Waals surface area (Å²) in [5.41, 5.74) is 2.54. The molecule has 1 aliphatic heterocycles. The number of nitrogens with one attached hydrogen (secondary N) is 1. The molecule has 1 unspecified atom stereocenters. The van der Waals surface area contributed by atoms with Crippen LogP contribution in [0.1, 0.15) is 22.9 Å². The normalized spacial score (nSPS) is 18.8. The Labute approximate surface area is 100 Å². The first-order valence-electron chi connectivity index (χ1n) is 5.82. The van der Waals surface area contributed by atoms with Crippen LogP contribution in [0.15, 0.2) is 41.0 Å². The summed E-state index contributed by atoms with van der Waals surface area (Å²) in [5.74, 6) is 1.93. The monoisotopic (exact) mass is 229 g/mol. The fourth-order valence-corrected chi connectivity index (χ4v) is 2.47. The van der Waals surface area contributed by atoms with Gasteiger partial charge in [0.25, 0.3) is 0 Å². The van der Waals surface area contributed by atoms with E-state index in [4.69, 9.17) is 9.15 Å². The van der Waals surface area contributed by atoms with Crippen LogP contribution in [0.25, 0.3) is 0 Å². The van der Waals surface area contributed by atoms with Gasteiger partial charge in [0.15, 0.2) is 0 Å². The van der Waals surface area contributed by atoms with Crippen molar-refractivity contribution in [2.24, 2.45) is 0 Å². The van der Waals surface area contributed by atoms with Crippen LogP contribution in [0, 0.1) is 0 Å². The highest BCUT2D eigenvalue weighted by Gasteiger charge is 2.25. The fraction of sp³-hybridized carbons (Fsp3) is 0.286. The maximum atomic E-state index is 5.50. The zero-order valence-corrected chi connectivity index (χ0v) is 9.77. The lowest BCUT2D eigenvalue weighted by molar-refractivity contribution is 0.396. The van der Waals surface area contributed by atoms with E-state index in [0.29, 0.717) is 0 Å². The summed E-state index contributed by atoms with van der Waals surface area (Å²) in [6.07, 6.45) is 2.71. The van der Waals surface area contributed by atoms with Gasteiger partial charge in [-0.2, -0.15) is 0 Å². The zero-order valence-electron chi connectivity index (χ0n) is 9.77. The van der Waals surface area contributed by atoms with Crippen molar-refractivity contribution < 1.29 is 9.15 Å². The van der Waals surface area contributed by atoms with Crippen molar-refractivity contribution in [2.75, 3.05) is 13.7 Å². The zero-order chi connectivity index (χ0) is 11.7. The molecule has 17 heavy (non-hydrogen) atoms. The summed E-state index contributed by atoms with van der Waals surface area (Å²) in [4.78, 5) is 0. The first-order chi connectivity index (χ1) is 8.40. The molecule has 0 saturated carbocycles. The van der Waals surface area contributed by atoms with E-state index in [1.807, 2.05) is 24.3 Å². The van der Waals surface area contributed by atoms with Crippen molar-refractivity contribution in [3.63, 3.8) is 0 Å². The van der Waals surface area contributed by atoms with Crippen LogP contribution in [0.5, 0.6) is 5.75 Å². The van der Waals surface area contributed by atoms with Crippen molar-refractivity contribution in [1.29, 1.82) is 0 Å². The topological polar surface area (TPSA) is 34.4 Å². The van der Waals surface area contributed by atoms with Gasteiger partial charge in [0.2, 0.25) is 0 Å². The standard InChI is InChI=1S/C14H15NO2/c1-16-12-5-2-4-11-10(12)7-8-15-14(11)13-6-3-9-17-13/h2-6,9,14-15H,7-8H2,1H3. The second-order valence-electron chi connectivity index (χ2n) is 4.18. The Morgan fingerprint density at radius 3 is 3.00 bits per heavy atom. The van der Waals surface area contributed by atoms with Crippen LogP contribution in [0.2, 0.25) is 0 Å². The van der Waals surface area contributed by atoms with Crippen molar-refractivity contribution in [3.8, 4) is 5.75 Å². The van der Waals surface area contributed by atoms with E-state index in [1.54, 1.807) is 13.4 Å². The quantitative estimate of drug-likeness (QED) is 0.859. The van der Waals surface area contributed by atoms with Gasteiger partial charge in [-0.1, -0.05) is 12.1 Å². The maximum Gasteiger partial charge on any atom is 0.125 e. The number of furan rings is 1. The maximum absolute atomic E-state index is 5.50. The van der Waals surface area contributed by atoms with E-state index >= 15 is 0 Å². The predicted molar refractivity (Wildman–Crippen MR) is 65.3 cm³/mol. The number of rotatable bonds is 2. The molecular formula is C14H15NO2. The van der Waals surface area contributed by atoms with Crippen LogP contribution in [-0.2, 0) is 6.42 Å². The van der Waals surface area contributed by atoms with E-state index in [0.717, 1.165) is 24.5 Å². The molecule has 1 aromatic carbocycles. The van der Waals surface area contributed by atoms with E-state index in [2.05, 4.69) is 11.4 Å². The molecule has 0 saturated heterocycles. The molecule has 1 aliphatic rings. The molecule has 2 heterocycles. The third-order valence-electron chi connectivity index (χ3n) is 3.25. The van der Waals surface area contributed by atoms with Crippen molar-refractivity contribution >= 4 is 0 Å². The summed E-state index contributed by atoms with van der Waals surface area (Å²) < 4.78 is 10.9. The highest BCUT2D eigenvalue weighted by Crippen LogP contribution is 2.33. The van der Waals surface area contributed by atoms with Crippen molar-refractivity contribution in [2.45, 2.75) is 12.5 Å². The van der Waals surface area contributed by atoms with Gasteiger partial charge in [0.05, 0.1) is 19.4 Å². The molecular weight excluding hydrogens is 214 g/mol. The smallest absolute Gasteiger partial charge is 0.125 e. The Morgan fingerprint density at radius 2 is 2.24 bits per heavy atom. The Balaban J connectivity index is 2.08. The van der Waals surface area contributed by atoms with Gasteiger partial charge in [-0.15, -0.1) is 0 Å². The average molecular weight is 229 g/mol. The van der Waals surface area contributed by atoms with Gasteiger partial charge in [0.1, 0.15) is 11.5 Å². The van der Waals surface area contributed by atoms with Gasteiger partial charge in [-0.05, 0) is 30.2 Å². The summed E-state index contributed by atoms with van der Waals surface area (Å²) >= 11 is 0. The van der Waals surface area contributed by atoms with Gasteiger partial charge in [-0.25, -0.2) is 0 Å². The molecule has 0 amide bonds. The number of fused-ring (bicyclic) bond motifs is 1.